The van der Waals surface area contributed by atoms with E-state index in [4.69, 9.17) is 17.0 Å². The molecule has 0 unspecified atom stereocenters. The van der Waals surface area contributed by atoms with Crippen molar-refractivity contribution in [3.8, 4) is 5.75 Å². The van der Waals surface area contributed by atoms with Crippen LogP contribution in [0.25, 0.3) is 0 Å². The Morgan fingerprint density at radius 3 is 2.56 bits per heavy atom. The molecule has 0 spiro atoms. The van der Waals surface area contributed by atoms with E-state index in [0.29, 0.717) is 22.8 Å². The Morgan fingerprint density at radius 1 is 1.26 bits per heavy atom. The van der Waals surface area contributed by atoms with Gasteiger partial charge in [-0.05, 0) is 67.7 Å². The van der Waals surface area contributed by atoms with Crippen LogP contribution in [0, 0.1) is 5.92 Å². The standard InChI is InChI=1S/C20H30N4O2S/c1-14-7-5-6-8-18(14)21-20(27)23-22-15(2)16-9-11-17(12-10-16)26-13-19(25)24(3)4/h9-12,14,18H,5-8,13H2,1-4H3,(H2,21,23,27)/b22-15-/t14-,18+/m0/s1. The lowest BCUT2D eigenvalue weighted by atomic mass is 9.86. The Bertz CT molecular complexity index is 673. The molecule has 2 N–H and O–H groups in total. The molecule has 1 fully saturated rings. The highest BCUT2D eigenvalue weighted by atomic mass is 32.1. The minimum atomic E-state index is -0.0747. The van der Waals surface area contributed by atoms with Gasteiger partial charge in [0, 0.05) is 20.1 Å². The van der Waals surface area contributed by atoms with Crippen molar-refractivity contribution in [2.24, 2.45) is 11.0 Å². The van der Waals surface area contributed by atoms with Gasteiger partial charge >= 0.3 is 0 Å². The fourth-order valence-electron chi connectivity index (χ4n) is 3.00. The number of nitrogens with zero attached hydrogens (tertiary/aromatic N) is 2. The van der Waals surface area contributed by atoms with Crippen LogP contribution in [0.15, 0.2) is 29.4 Å². The number of ether oxygens (including phenoxy) is 1. The van der Waals surface area contributed by atoms with Crippen LogP contribution >= 0.6 is 12.2 Å². The molecule has 1 aromatic carbocycles. The molecule has 0 radical (unpaired) electrons. The quantitative estimate of drug-likeness (QED) is 0.444. The maximum atomic E-state index is 11.6. The summed E-state index contributed by atoms with van der Waals surface area (Å²) >= 11 is 5.37. The first-order chi connectivity index (χ1) is 12.9. The van der Waals surface area contributed by atoms with E-state index in [-0.39, 0.29) is 12.5 Å². The molecular weight excluding hydrogens is 360 g/mol. The molecule has 27 heavy (non-hydrogen) atoms. The Balaban J connectivity index is 1.84. The highest BCUT2D eigenvalue weighted by Gasteiger charge is 2.21. The summed E-state index contributed by atoms with van der Waals surface area (Å²) in [5.41, 5.74) is 4.73. The van der Waals surface area contributed by atoms with Crippen LogP contribution in [0.3, 0.4) is 0 Å². The molecule has 2 rings (SSSR count). The number of rotatable bonds is 6. The van der Waals surface area contributed by atoms with Crippen molar-refractivity contribution in [3.05, 3.63) is 29.8 Å². The summed E-state index contributed by atoms with van der Waals surface area (Å²) in [5, 5.41) is 8.32. The van der Waals surface area contributed by atoms with Crippen LogP contribution in [0.4, 0.5) is 0 Å². The normalized spacial score (nSPS) is 19.9. The lowest BCUT2D eigenvalue weighted by Gasteiger charge is -2.30. The zero-order chi connectivity index (χ0) is 19.8. The van der Waals surface area contributed by atoms with E-state index in [9.17, 15) is 4.79 Å². The smallest absolute Gasteiger partial charge is 0.259 e. The van der Waals surface area contributed by atoms with Crippen molar-refractivity contribution < 1.29 is 9.53 Å². The fourth-order valence-corrected chi connectivity index (χ4v) is 3.19. The summed E-state index contributed by atoms with van der Waals surface area (Å²) in [7, 11) is 3.41. The third-order valence-corrected chi connectivity index (χ3v) is 5.10. The molecular formula is C20H30N4O2S. The third kappa shape index (κ3) is 6.82. The fraction of sp³-hybridized carbons (Fsp3) is 0.550. The SMILES string of the molecule is C/C(=N/NC(=S)N[C@@H]1CCCC[C@@H]1C)c1ccc(OCC(=O)N(C)C)cc1. The van der Waals surface area contributed by atoms with Crippen molar-refractivity contribution in [1.29, 1.82) is 0 Å². The largest absolute Gasteiger partial charge is 0.484 e. The first-order valence-corrected chi connectivity index (χ1v) is 9.82. The van der Waals surface area contributed by atoms with E-state index >= 15 is 0 Å². The van der Waals surface area contributed by atoms with Crippen LogP contribution in [0.5, 0.6) is 5.75 Å². The lowest BCUT2D eigenvalue weighted by molar-refractivity contribution is -0.130. The summed E-state index contributed by atoms with van der Waals surface area (Å²) in [4.78, 5) is 13.1. The van der Waals surface area contributed by atoms with Gasteiger partial charge < -0.3 is 15.0 Å². The van der Waals surface area contributed by atoms with Crippen molar-refractivity contribution in [2.45, 2.75) is 45.6 Å². The molecule has 0 heterocycles. The molecule has 1 saturated carbocycles. The van der Waals surface area contributed by atoms with Gasteiger partial charge in [-0.2, -0.15) is 5.10 Å². The Hall–Kier alpha value is -2.15. The topological polar surface area (TPSA) is 66.0 Å². The third-order valence-electron chi connectivity index (χ3n) is 4.89. The number of nitrogens with one attached hydrogen (secondary N) is 2. The number of hydrogen-bond donors (Lipinski definition) is 2. The number of hydrogen-bond acceptors (Lipinski definition) is 4. The van der Waals surface area contributed by atoms with Gasteiger partial charge in [0.05, 0.1) is 5.71 Å². The number of carbonyl (C=O) groups excluding carboxylic acids is 1. The highest BCUT2D eigenvalue weighted by Crippen LogP contribution is 2.23. The minimum Gasteiger partial charge on any atom is -0.484 e. The van der Waals surface area contributed by atoms with Gasteiger partial charge in [0.25, 0.3) is 5.91 Å². The first kappa shape index (κ1) is 21.2. The predicted octanol–water partition coefficient (Wildman–Crippen LogP) is 2.92. The second-order valence-electron chi connectivity index (χ2n) is 7.25. The summed E-state index contributed by atoms with van der Waals surface area (Å²) in [6.07, 6.45) is 4.96. The lowest BCUT2D eigenvalue weighted by Crippen LogP contribution is -2.44. The van der Waals surface area contributed by atoms with Gasteiger partial charge in [-0.3, -0.25) is 10.2 Å². The molecule has 1 aliphatic rings. The highest BCUT2D eigenvalue weighted by molar-refractivity contribution is 7.80. The maximum absolute atomic E-state index is 11.6. The Kier molecular flexibility index (Phi) is 8.03. The zero-order valence-electron chi connectivity index (χ0n) is 16.6. The van der Waals surface area contributed by atoms with E-state index in [1.54, 1.807) is 14.1 Å². The zero-order valence-corrected chi connectivity index (χ0v) is 17.4. The molecule has 7 heteroatoms. The van der Waals surface area contributed by atoms with Crippen molar-refractivity contribution in [2.75, 3.05) is 20.7 Å². The Morgan fingerprint density at radius 2 is 1.93 bits per heavy atom. The first-order valence-electron chi connectivity index (χ1n) is 9.41. The molecule has 1 amide bonds. The van der Waals surface area contributed by atoms with Gasteiger partial charge in [0.2, 0.25) is 0 Å². The summed E-state index contributed by atoms with van der Waals surface area (Å²) in [6.45, 7) is 4.22. The number of amides is 1. The van der Waals surface area contributed by atoms with Crippen molar-refractivity contribution in [1.82, 2.24) is 15.6 Å². The maximum Gasteiger partial charge on any atom is 0.259 e. The number of likely N-dealkylation sites (N-methyl/N-ethyl adjacent to an activating group) is 1. The van der Waals surface area contributed by atoms with Crippen LogP contribution in [-0.4, -0.2) is 48.4 Å². The molecule has 0 saturated heterocycles. The van der Waals surface area contributed by atoms with Crippen molar-refractivity contribution in [3.63, 3.8) is 0 Å². The van der Waals surface area contributed by atoms with E-state index in [1.165, 1.54) is 24.2 Å². The molecule has 0 bridgehead atoms. The van der Waals surface area contributed by atoms with Crippen LogP contribution in [0.1, 0.15) is 45.1 Å². The van der Waals surface area contributed by atoms with Gasteiger partial charge in [-0.25, -0.2) is 0 Å². The summed E-state index contributed by atoms with van der Waals surface area (Å²) < 4.78 is 5.48. The number of benzene rings is 1. The Labute approximate surface area is 167 Å². The monoisotopic (exact) mass is 390 g/mol. The number of carbonyl (C=O) groups is 1. The van der Waals surface area contributed by atoms with E-state index < -0.39 is 0 Å². The second kappa shape index (κ2) is 10.3. The molecule has 0 aromatic heterocycles. The molecule has 2 atom stereocenters. The van der Waals surface area contributed by atoms with Crippen molar-refractivity contribution >= 4 is 28.9 Å². The number of hydrazone groups is 1. The van der Waals surface area contributed by atoms with E-state index in [1.807, 2.05) is 31.2 Å². The molecule has 6 nitrogen and oxygen atoms in total. The van der Waals surface area contributed by atoms with Gasteiger partial charge in [-0.15, -0.1) is 0 Å². The van der Waals surface area contributed by atoms with E-state index in [2.05, 4.69) is 22.8 Å². The van der Waals surface area contributed by atoms with E-state index in [0.717, 1.165) is 17.7 Å². The average molecular weight is 391 g/mol. The minimum absolute atomic E-state index is 0.0283. The summed E-state index contributed by atoms with van der Waals surface area (Å²) in [5.74, 6) is 1.21. The second-order valence-corrected chi connectivity index (χ2v) is 7.66. The molecule has 1 aliphatic carbocycles. The summed E-state index contributed by atoms with van der Waals surface area (Å²) in [6, 6.07) is 7.91. The van der Waals surface area contributed by atoms with Gasteiger partial charge in [0.1, 0.15) is 5.75 Å². The molecule has 148 valence electrons. The van der Waals surface area contributed by atoms with Gasteiger partial charge in [0.15, 0.2) is 11.7 Å². The predicted molar refractivity (Wildman–Crippen MR) is 113 cm³/mol. The van der Waals surface area contributed by atoms with Gasteiger partial charge in [-0.1, -0.05) is 19.8 Å². The molecule has 1 aromatic rings. The molecule has 0 aliphatic heterocycles. The number of thiocarbonyl (C=S) groups is 1. The van der Waals surface area contributed by atoms with Crippen LogP contribution in [0.2, 0.25) is 0 Å². The average Bonchev–Trinajstić information content (AvgIpc) is 2.66. The van der Waals surface area contributed by atoms with Crippen LogP contribution in [-0.2, 0) is 4.79 Å². The van der Waals surface area contributed by atoms with Crippen LogP contribution < -0.4 is 15.5 Å².